The number of carbonyl (C=O) groups is 2. The highest BCUT2D eigenvalue weighted by Gasteiger charge is 2.49. The first-order valence-corrected chi connectivity index (χ1v) is 9.31. The molecule has 2 fully saturated rings. The standard InChI is InChI=1S/C21H25N3O3/c1-14(25)24-12-16-11-23(21(26)19-5-4-10-22(19)2)13-18(16)20(24)15-6-8-17(27-3)9-7-15/h4-10,16,18,20H,11-13H2,1-3H3/t16-,18-,20+/m1/s1. The second-order valence-electron chi connectivity index (χ2n) is 7.53. The van der Waals surface area contributed by atoms with Crippen molar-refractivity contribution in [3.63, 3.8) is 0 Å². The zero-order valence-electron chi connectivity index (χ0n) is 16.0. The van der Waals surface area contributed by atoms with E-state index in [4.69, 9.17) is 4.74 Å². The highest BCUT2D eigenvalue weighted by atomic mass is 16.5. The fourth-order valence-electron chi connectivity index (χ4n) is 4.61. The lowest BCUT2D eigenvalue weighted by Crippen LogP contribution is -2.37. The lowest BCUT2D eigenvalue weighted by molar-refractivity contribution is -0.130. The molecule has 0 N–H and O–H groups in total. The molecule has 0 saturated carbocycles. The Labute approximate surface area is 159 Å². The van der Waals surface area contributed by atoms with Crippen LogP contribution in [0.5, 0.6) is 5.75 Å². The predicted molar refractivity (Wildman–Crippen MR) is 101 cm³/mol. The first-order valence-electron chi connectivity index (χ1n) is 9.31. The molecule has 0 bridgehead atoms. The molecule has 27 heavy (non-hydrogen) atoms. The second kappa shape index (κ2) is 6.76. The number of likely N-dealkylation sites (tertiary alicyclic amines) is 2. The van der Waals surface area contributed by atoms with E-state index in [1.54, 1.807) is 14.0 Å². The summed E-state index contributed by atoms with van der Waals surface area (Å²) in [4.78, 5) is 29.1. The molecular weight excluding hydrogens is 342 g/mol. The van der Waals surface area contributed by atoms with Crippen LogP contribution in [0.3, 0.4) is 0 Å². The van der Waals surface area contributed by atoms with E-state index in [1.165, 1.54) is 0 Å². The number of nitrogens with zero attached hydrogens (tertiary/aromatic N) is 3. The van der Waals surface area contributed by atoms with E-state index in [2.05, 4.69) is 0 Å². The van der Waals surface area contributed by atoms with Gasteiger partial charge in [-0.3, -0.25) is 9.59 Å². The minimum absolute atomic E-state index is 0.00428. The molecule has 0 spiro atoms. The van der Waals surface area contributed by atoms with Crippen LogP contribution in [-0.2, 0) is 11.8 Å². The van der Waals surface area contributed by atoms with E-state index in [0.717, 1.165) is 11.3 Å². The molecule has 2 aromatic rings. The van der Waals surface area contributed by atoms with Crippen molar-refractivity contribution in [2.45, 2.75) is 13.0 Å². The number of hydrogen-bond donors (Lipinski definition) is 0. The number of benzene rings is 1. The van der Waals surface area contributed by atoms with Crippen LogP contribution >= 0.6 is 0 Å². The van der Waals surface area contributed by atoms with Crippen LogP contribution in [0.2, 0.25) is 0 Å². The van der Waals surface area contributed by atoms with Crippen molar-refractivity contribution in [3.8, 4) is 5.75 Å². The molecule has 0 radical (unpaired) electrons. The Balaban J connectivity index is 1.59. The summed E-state index contributed by atoms with van der Waals surface area (Å²) >= 11 is 0. The van der Waals surface area contributed by atoms with Crippen LogP contribution in [0.4, 0.5) is 0 Å². The summed E-state index contributed by atoms with van der Waals surface area (Å²) in [6.07, 6.45) is 1.89. The summed E-state index contributed by atoms with van der Waals surface area (Å²) in [6, 6.07) is 11.7. The van der Waals surface area contributed by atoms with Crippen LogP contribution in [-0.4, -0.2) is 52.9 Å². The Morgan fingerprint density at radius 1 is 1.07 bits per heavy atom. The number of amides is 2. The summed E-state index contributed by atoms with van der Waals surface area (Å²) in [5.41, 5.74) is 1.81. The number of fused-ring (bicyclic) bond motifs is 1. The van der Waals surface area contributed by atoms with Crippen molar-refractivity contribution in [1.29, 1.82) is 0 Å². The summed E-state index contributed by atoms with van der Waals surface area (Å²) in [6.45, 7) is 3.71. The third-order valence-electron chi connectivity index (χ3n) is 5.98. The van der Waals surface area contributed by atoms with Crippen LogP contribution < -0.4 is 4.74 Å². The van der Waals surface area contributed by atoms with Crippen LogP contribution in [0.1, 0.15) is 29.0 Å². The summed E-state index contributed by atoms with van der Waals surface area (Å²) in [5.74, 6) is 1.52. The number of aromatic nitrogens is 1. The van der Waals surface area contributed by atoms with Gasteiger partial charge in [0, 0.05) is 51.6 Å². The Morgan fingerprint density at radius 3 is 2.41 bits per heavy atom. The molecule has 3 atom stereocenters. The molecular formula is C21H25N3O3. The van der Waals surface area contributed by atoms with Crippen LogP contribution in [0.25, 0.3) is 0 Å². The van der Waals surface area contributed by atoms with Gasteiger partial charge in [-0.05, 0) is 29.8 Å². The number of aryl methyl sites for hydroxylation is 1. The van der Waals surface area contributed by atoms with Crippen LogP contribution in [0, 0.1) is 11.8 Å². The Bertz CT molecular complexity index is 858. The molecule has 4 rings (SSSR count). The smallest absolute Gasteiger partial charge is 0.270 e. The van der Waals surface area contributed by atoms with E-state index in [0.29, 0.717) is 31.2 Å². The van der Waals surface area contributed by atoms with Crippen molar-refractivity contribution in [3.05, 3.63) is 53.9 Å². The van der Waals surface area contributed by atoms with Gasteiger partial charge in [-0.1, -0.05) is 12.1 Å². The first kappa shape index (κ1) is 17.6. The molecule has 1 aromatic heterocycles. The summed E-state index contributed by atoms with van der Waals surface area (Å²) in [7, 11) is 3.54. The molecule has 0 unspecified atom stereocenters. The molecule has 142 valence electrons. The van der Waals surface area contributed by atoms with Crippen molar-refractivity contribution in [1.82, 2.24) is 14.4 Å². The number of methoxy groups -OCH3 is 1. The Morgan fingerprint density at radius 2 is 1.81 bits per heavy atom. The van der Waals surface area contributed by atoms with Crippen molar-refractivity contribution in [2.24, 2.45) is 18.9 Å². The summed E-state index contributed by atoms with van der Waals surface area (Å²) < 4.78 is 7.12. The van der Waals surface area contributed by atoms with Gasteiger partial charge in [-0.15, -0.1) is 0 Å². The van der Waals surface area contributed by atoms with E-state index in [9.17, 15) is 9.59 Å². The van der Waals surface area contributed by atoms with Crippen molar-refractivity contribution >= 4 is 11.8 Å². The number of rotatable bonds is 3. The van der Waals surface area contributed by atoms with Gasteiger partial charge in [0.2, 0.25) is 5.91 Å². The van der Waals surface area contributed by atoms with Gasteiger partial charge in [0.25, 0.3) is 5.91 Å². The second-order valence-corrected chi connectivity index (χ2v) is 7.53. The first-order chi connectivity index (χ1) is 13.0. The lowest BCUT2D eigenvalue weighted by atomic mass is 9.89. The zero-order chi connectivity index (χ0) is 19.1. The Hall–Kier alpha value is -2.76. The van der Waals surface area contributed by atoms with Gasteiger partial charge in [0.1, 0.15) is 11.4 Å². The molecule has 1 aromatic carbocycles. The number of hydrogen-bond acceptors (Lipinski definition) is 3. The topological polar surface area (TPSA) is 54.8 Å². The maximum Gasteiger partial charge on any atom is 0.270 e. The molecule has 2 saturated heterocycles. The monoisotopic (exact) mass is 367 g/mol. The van der Waals surface area contributed by atoms with Crippen LogP contribution in [0.15, 0.2) is 42.6 Å². The number of ether oxygens (including phenoxy) is 1. The average molecular weight is 367 g/mol. The van der Waals surface area contributed by atoms with Gasteiger partial charge in [0.15, 0.2) is 0 Å². The summed E-state index contributed by atoms with van der Waals surface area (Å²) in [5, 5.41) is 0. The van der Waals surface area contributed by atoms with Crippen molar-refractivity contribution in [2.75, 3.05) is 26.7 Å². The van der Waals surface area contributed by atoms with E-state index >= 15 is 0 Å². The lowest BCUT2D eigenvalue weighted by Gasteiger charge is -2.29. The normalized spacial score (nSPS) is 24.2. The fraction of sp³-hybridized carbons (Fsp3) is 0.429. The van der Waals surface area contributed by atoms with E-state index in [-0.39, 0.29) is 23.8 Å². The minimum atomic E-state index is 0.00428. The van der Waals surface area contributed by atoms with E-state index in [1.807, 2.05) is 64.0 Å². The third kappa shape index (κ3) is 2.99. The van der Waals surface area contributed by atoms with Gasteiger partial charge in [-0.25, -0.2) is 0 Å². The molecule has 6 heteroatoms. The molecule has 2 aliphatic rings. The van der Waals surface area contributed by atoms with Crippen molar-refractivity contribution < 1.29 is 14.3 Å². The van der Waals surface area contributed by atoms with Gasteiger partial charge in [-0.2, -0.15) is 0 Å². The van der Waals surface area contributed by atoms with Gasteiger partial charge in [0.05, 0.1) is 13.2 Å². The largest absolute Gasteiger partial charge is 0.497 e. The fourth-order valence-corrected chi connectivity index (χ4v) is 4.61. The molecule has 3 heterocycles. The highest BCUT2D eigenvalue weighted by Crippen LogP contribution is 2.45. The van der Waals surface area contributed by atoms with E-state index < -0.39 is 0 Å². The maximum atomic E-state index is 12.9. The average Bonchev–Trinajstić information content (AvgIpc) is 3.35. The molecule has 2 amide bonds. The zero-order valence-corrected chi connectivity index (χ0v) is 16.0. The molecule has 0 aliphatic carbocycles. The maximum absolute atomic E-state index is 12.9. The quantitative estimate of drug-likeness (QED) is 0.837. The molecule has 2 aliphatic heterocycles. The minimum Gasteiger partial charge on any atom is -0.497 e. The van der Waals surface area contributed by atoms with Gasteiger partial charge < -0.3 is 19.1 Å². The molecule has 6 nitrogen and oxygen atoms in total. The SMILES string of the molecule is COc1ccc([C@H]2[C@@H]3CN(C(=O)c4cccn4C)C[C@@H]3CN2C(C)=O)cc1. The third-order valence-corrected chi connectivity index (χ3v) is 5.98. The van der Waals surface area contributed by atoms with Gasteiger partial charge >= 0.3 is 0 Å². The highest BCUT2D eigenvalue weighted by molar-refractivity contribution is 5.93. The Kier molecular flexibility index (Phi) is 4.42. The number of carbonyl (C=O) groups excluding carboxylic acids is 2. The predicted octanol–water partition coefficient (Wildman–Crippen LogP) is 2.33.